The second-order valence-electron chi connectivity index (χ2n) is 7.39. The summed E-state index contributed by atoms with van der Waals surface area (Å²) in [5.74, 6) is -0.924. The summed E-state index contributed by atoms with van der Waals surface area (Å²) < 4.78 is 24.4. The summed E-state index contributed by atoms with van der Waals surface area (Å²) in [6.45, 7) is 0. The zero-order valence-electron chi connectivity index (χ0n) is 16.4. The van der Waals surface area contributed by atoms with Crippen LogP contribution in [-0.2, 0) is 4.79 Å². The summed E-state index contributed by atoms with van der Waals surface area (Å²) in [6.07, 6.45) is 7.93. The Labute approximate surface area is 173 Å². The van der Waals surface area contributed by atoms with Crippen LogP contribution in [0.5, 0.6) is 0 Å². The maximum atomic E-state index is 13.5. The fourth-order valence-electron chi connectivity index (χ4n) is 3.85. The first kappa shape index (κ1) is 19.9. The standard InChI is InChI=1S/C23H23FN2O4/c24-16-10-12-18(13-11-16)26(23(28)20-9-5-15-30-20)21(19-8-4-14-29-19)22(27)25-17-6-2-1-3-7-17/h4-5,8-15,17,21H,1-3,6-7H2,(H,25,27)/t21-/m0/s1. The summed E-state index contributed by atoms with van der Waals surface area (Å²) in [5, 5.41) is 3.07. The molecule has 1 fully saturated rings. The molecule has 2 amide bonds. The normalized spacial score (nSPS) is 15.5. The molecule has 0 saturated heterocycles. The molecule has 1 aromatic carbocycles. The van der Waals surface area contributed by atoms with Crippen molar-refractivity contribution in [2.75, 3.05) is 4.90 Å². The summed E-state index contributed by atoms with van der Waals surface area (Å²) >= 11 is 0. The largest absolute Gasteiger partial charge is 0.467 e. The van der Waals surface area contributed by atoms with E-state index in [9.17, 15) is 14.0 Å². The number of furan rings is 2. The Hall–Kier alpha value is -3.35. The molecule has 7 heteroatoms. The van der Waals surface area contributed by atoms with Gasteiger partial charge in [0, 0.05) is 11.7 Å². The molecule has 1 aliphatic carbocycles. The van der Waals surface area contributed by atoms with Crippen LogP contribution >= 0.6 is 0 Å². The van der Waals surface area contributed by atoms with E-state index in [1.54, 1.807) is 18.2 Å². The van der Waals surface area contributed by atoms with Crippen molar-refractivity contribution < 1.29 is 22.8 Å². The number of hydrogen-bond donors (Lipinski definition) is 1. The molecule has 0 aliphatic heterocycles. The van der Waals surface area contributed by atoms with Gasteiger partial charge in [0.05, 0.1) is 12.5 Å². The van der Waals surface area contributed by atoms with E-state index in [1.165, 1.54) is 47.8 Å². The molecule has 4 rings (SSSR count). The third-order valence-electron chi connectivity index (χ3n) is 5.33. The van der Waals surface area contributed by atoms with E-state index < -0.39 is 17.8 Å². The lowest BCUT2D eigenvalue weighted by atomic mass is 9.95. The van der Waals surface area contributed by atoms with Crippen LogP contribution in [0.25, 0.3) is 0 Å². The maximum Gasteiger partial charge on any atom is 0.295 e. The van der Waals surface area contributed by atoms with Crippen LogP contribution in [0.3, 0.4) is 0 Å². The molecule has 1 N–H and O–H groups in total. The number of anilines is 1. The molecule has 1 saturated carbocycles. The minimum atomic E-state index is -1.06. The third kappa shape index (κ3) is 4.30. The van der Waals surface area contributed by atoms with Gasteiger partial charge in [0.15, 0.2) is 11.8 Å². The van der Waals surface area contributed by atoms with Crippen LogP contribution in [0.15, 0.2) is 69.9 Å². The minimum absolute atomic E-state index is 0.0532. The quantitative estimate of drug-likeness (QED) is 0.630. The van der Waals surface area contributed by atoms with Gasteiger partial charge in [0.1, 0.15) is 11.6 Å². The Balaban J connectivity index is 1.73. The van der Waals surface area contributed by atoms with Crippen molar-refractivity contribution in [2.24, 2.45) is 0 Å². The predicted octanol–water partition coefficient (Wildman–Crippen LogP) is 4.85. The number of hydrogen-bond acceptors (Lipinski definition) is 4. The number of nitrogens with zero attached hydrogens (tertiary/aromatic N) is 1. The number of nitrogens with one attached hydrogen (secondary N) is 1. The van der Waals surface area contributed by atoms with E-state index in [1.807, 2.05) is 0 Å². The first-order valence-corrected chi connectivity index (χ1v) is 10.1. The van der Waals surface area contributed by atoms with Crippen LogP contribution in [-0.4, -0.2) is 17.9 Å². The topological polar surface area (TPSA) is 75.7 Å². The highest BCUT2D eigenvalue weighted by atomic mass is 19.1. The Morgan fingerprint density at radius 1 is 0.967 bits per heavy atom. The molecule has 1 aliphatic rings. The second-order valence-corrected chi connectivity index (χ2v) is 7.39. The van der Waals surface area contributed by atoms with Crippen molar-refractivity contribution in [3.63, 3.8) is 0 Å². The van der Waals surface area contributed by atoms with Gasteiger partial charge in [0.2, 0.25) is 0 Å². The van der Waals surface area contributed by atoms with E-state index in [-0.39, 0.29) is 17.7 Å². The van der Waals surface area contributed by atoms with E-state index in [0.29, 0.717) is 11.4 Å². The molecule has 0 unspecified atom stereocenters. The predicted molar refractivity (Wildman–Crippen MR) is 108 cm³/mol. The summed E-state index contributed by atoms with van der Waals surface area (Å²) in [5.41, 5.74) is 0.359. The summed E-state index contributed by atoms with van der Waals surface area (Å²) in [6, 6.07) is 10.8. The van der Waals surface area contributed by atoms with Crippen molar-refractivity contribution in [1.82, 2.24) is 5.32 Å². The van der Waals surface area contributed by atoms with Gasteiger partial charge in [-0.15, -0.1) is 0 Å². The van der Waals surface area contributed by atoms with E-state index in [4.69, 9.17) is 8.83 Å². The fraction of sp³-hybridized carbons (Fsp3) is 0.304. The molecule has 3 aromatic rings. The molecule has 156 valence electrons. The Morgan fingerprint density at radius 2 is 1.67 bits per heavy atom. The third-order valence-corrected chi connectivity index (χ3v) is 5.33. The lowest BCUT2D eigenvalue weighted by molar-refractivity contribution is -0.123. The van der Waals surface area contributed by atoms with Crippen molar-refractivity contribution >= 4 is 17.5 Å². The number of benzene rings is 1. The smallest absolute Gasteiger partial charge is 0.295 e. The summed E-state index contributed by atoms with van der Waals surface area (Å²) in [7, 11) is 0. The first-order chi connectivity index (χ1) is 14.6. The number of halogens is 1. The van der Waals surface area contributed by atoms with Crippen LogP contribution < -0.4 is 10.2 Å². The number of carbonyl (C=O) groups is 2. The van der Waals surface area contributed by atoms with Crippen molar-refractivity contribution in [1.29, 1.82) is 0 Å². The minimum Gasteiger partial charge on any atom is -0.467 e. The van der Waals surface area contributed by atoms with Crippen LogP contribution in [0.2, 0.25) is 0 Å². The van der Waals surface area contributed by atoms with Gasteiger partial charge in [-0.1, -0.05) is 19.3 Å². The molecule has 2 heterocycles. The molecule has 2 aromatic heterocycles. The lowest BCUT2D eigenvalue weighted by Gasteiger charge is -2.31. The second kappa shape index (κ2) is 8.98. The molecule has 0 spiro atoms. The molecule has 6 nitrogen and oxygen atoms in total. The lowest BCUT2D eigenvalue weighted by Crippen LogP contribution is -2.47. The molecular weight excluding hydrogens is 387 g/mol. The van der Waals surface area contributed by atoms with Crippen LogP contribution in [0.4, 0.5) is 10.1 Å². The zero-order valence-corrected chi connectivity index (χ0v) is 16.4. The monoisotopic (exact) mass is 410 g/mol. The van der Waals surface area contributed by atoms with Gasteiger partial charge in [-0.3, -0.25) is 14.5 Å². The van der Waals surface area contributed by atoms with Crippen LogP contribution in [0.1, 0.15) is 54.5 Å². The first-order valence-electron chi connectivity index (χ1n) is 10.1. The van der Waals surface area contributed by atoms with Gasteiger partial charge in [-0.2, -0.15) is 0 Å². The van der Waals surface area contributed by atoms with Crippen molar-refractivity contribution in [3.05, 3.63) is 78.4 Å². The highest BCUT2D eigenvalue weighted by molar-refractivity contribution is 6.08. The fourth-order valence-corrected chi connectivity index (χ4v) is 3.85. The van der Waals surface area contributed by atoms with E-state index in [2.05, 4.69) is 5.32 Å². The molecule has 1 atom stereocenters. The Kier molecular flexibility index (Phi) is 5.97. The SMILES string of the molecule is O=C(NC1CCCCC1)[C@H](c1ccco1)N(C(=O)c1ccco1)c1ccc(F)cc1. The number of rotatable bonds is 6. The van der Waals surface area contributed by atoms with Gasteiger partial charge in [-0.05, 0) is 61.4 Å². The molecule has 30 heavy (non-hydrogen) atoms. The van der Waals surface area contributed by atoms with Gasteiger partial charge in [0.25, 0.3) is 11.8 Å². The number of carbonyl (C=O) groups excluding carboxylic acids is 2. The van der Waals surface area contributed by atoms with E-state index >= 15 is 0 Å². The van der Waals surface area contributed by atoms with Crippen molar-refractivity contribution in [2.45, 2.75) is 44.2 Å². The maximum absolute atomic E-state index is 13.5. The van der Waals surface area contributed by atoms with E-state index in [0.717, 1.165) is 32.1 Å². The highest BCUT2D eigenvalue weighted by Crippen LogP contribution is 2.31. The van der Waals surface area contributed by atoms with Gasteiger partial charge in [-0.25, -0.2) is 4.39 Å². The van der Waals surface area contributed by atoms with Gasteiger partial charge < -0.3 is 14.2 Å². The number of amides is 2. The molecule has 0 bridgehead atoms. The van der Waals surface area contributed by atoms with Crippen molar-refractivity contribution in [3.8, 4) is 0 Å². The van der Waals surface area contributed by atoms with Crippen LogP contribution in [0, 0.1) is 5.82 Å². The van der Waals surface area contributed by atoms with Gasteiger partial charge >= 0.3 is 0 Å². The summed E-state index contributed by atoms with van der Waals surface area (Å²) in [4.78, 5) is 28.0. The molecule has 0 radical (unpaired) electrons. The average molecular weight is 410 g/mol. The average Bonchev–Trinajstić information content (AvgIpc) is 3.47. The molecular formula is C23H23FN2O4. The Morgan fingerprint density at radius 3 is 2.30 bits per heavy atom. The Bertz CT molecular complexity index is 961. The highest BCUT2D eigenvalue weighted by Gasteiger charge is 2.37. The zero-order chi connectivity index (χ0) is 20.9.